The summed E-state index contributed by atoms with van der Waals surface area (Å²) in [6, 6.07) is 0. The summed E-state index contributed by atoms with van der Waals surface area (Å²) in [7, 11) is -3.17. The van der Waals surface area contributed by atoms with Gasteiger partial charge in [0.2, 0.25) is 0 Å². The highest BCUT2D eigenvalue weighted by atomic mass is 31.2. The highest BCUT2D eigenvalue weighted by Crippen LogP contribution is 2.74. The third-order valence-electron chi connectivity index (χ3n) is 2.66. The normalized spacial score (nSPS) is 29.6. The number of nitrogens with zero attached hydrogens (tertiary/aromatic N) is 1. The van der Waals surface area contributed by atoms with Crippen LogP contribution in [0.4, 0.5) is 0 Å². The quantitative estimate of drug-likeness (QED) is 0.393. The fourth-order valence-electron chi connectivity index (χ4n) is 1.90. The average Bonchev–Trinajstić information content (AvgIpc) is 2.95. The van der Waals surface area contributed by atoms with Crippen molar-refractivity contribution in [3.05, 3.63) is 12.7 Å². The van der Waals surface area contributed by atoms with Gasteiger partial charge in [0.15, 0.2) is 5.28 Å². The van der Waals surface area contributed by atoms with Crippen LogP contribution in [-0.2, 0) is 13.6 Å². The van der Waals surface area contributed by atoms with E-state index in [-0.39, 0.29) is 5.92 Å². The molecule has 1 fully saturated rings. The maximum absolute atomic E-state index is 12.7. The molecule has 0 N–H and O–H groups in total. The molecule has 16 heavy (non-hydrogen) atoms. The van der Waals surface area contributed by atoms with Gasteiger partial charge in [0.1, 0.15) is 0 Å². The zero-order chi connectivity index (χ0) is 12.2. The molecule has 0 saturated heterocycles. The second-order valence-electron chi connectivity index (χ2n) is 3.65. The minimum atomic E-state index is -3.17. The van der Waals surface area contributed by atoms with Gasteiger partial charge in [-0.05, 0) is 33.4 Å². The molecule has 4 nitrogen and oxygen atoms in total. The van der Waals surface area contributed by atoms with E-state index in [4.69, 9.17) is 9.05 Å². The molecule has 0 amide bonds. The topological polar surface area (TPSA) is 47.9 Å². The summed E-state index contributed by atoms with van der Waals surface area (Å²) < 4.78 is 23.4. The predicted octanol–water partition coefficient (Wildman–Crippen LogP) is 3.25. The number of aliphatic imine (C=N–C) groups is 1. The van der Waals surface area contributed by atoms with E-state index in [1.165, 1.54) is 0 Å². The van der Waals surface area contributed by atoms with E-state index in [2.05, 4.69) is 11.6 Å². The van der Waals surface area contributed by atoms with Crippen LogP contribution in [0.25, 0.3) is 0 Å². The van der Waals surface area contributed by atoms with E-state index in [1.54, 1.807) is 26.1 Å². The van der Waals surface area contributed by atoms with Gasteiger partial charge in [-0.2, -0.15) is 0 Å². The zero-order valence-corrected chi connectivity index (χ0v) is 11.1. The summed E-state index contributed by atoms with van der Waals surface area (Å²) in [5.41, 5.74) is 0. The number of hydrogen-bond acceptors (Lipinski definition) is 4. The molecule has 92 valence electrons. The summed E-state index contributed by atoms with van der Waals surface area (Å²) in [6.07, 6.45) is 4.13. The van der Waals surface area contributed by atoms with Crippen molar-refractivity contribution in [1.29, 1.82) is 0 Å². The van der Waals surface area contributed by atoms with Crippen LogP contribution in [0.5, 0.6) is 0 Å². The van der Waals surface area contributed by atoms with Crippen molar-refractivity contribution in [2.24, 2.45) is 10.9 Å². The minimum Gasteiger partial charge on any atom is -0.307 e. The van der Waals surface area contributed by atoms with Gasteiger partial charge in [0.05, 0.1) is 13.2 Å². The highest BCUT2D eigenvalue weighted by molar-refractivity contribution is 7.56. The van der Waals surface area contributed by atoms with Crippen molar-refractivity contribution in [3.8, 4) is 0 Å². The molecular weight excluding hydrogens is 225 g/mol. The largest absolute Gasteiger partial charge is 0.358 e. The molecule has 5 heteroatoms. The van der Waals surface area contributed by atoms with E-state index in [9.17, 15) is 4.57 Å². The van der Waals surface area contributed by atoms with Crippen molar-refractivity contribution in [3.63, 3.8) is 0 Å². The van der Waals surface area contributed by atoms with Crippen LogP contribution in [0, 0.1) is 5.92 Å². The van der Waals surface area contributed by atoms with Crippen molar-refractivity contribution in [2.45, 2.75) is 32.5 Å². The maximum atomic E-state index is 12.7. The Balaban J connectivity index is 3.00. The van der Waals surface area contributed by atoms with Gasteiger partial charge >= 0.3 is 7.60 Å². The van der Waals surface area contributed by atoms with Crippen molar-refractivity contribution in [1.82, 2.24) is 0 Å². The summed E-state index contributed by atoms with van der Waals surface area (Å²) in [6.45, 7) is 9.87. The Morgan fingerprint density at radius 3 is 2.38 bits per heavy atom. The lowest BCUT2D eigenvalue weighted by atomic mass is 10.4. The lowest BCUT2D eigenvalue weighted by Crippen LogP contribution is -2.15. The lowest BCUT2D eigenvalue weighted by Gasteiger charge is -2.23. The Kier molecular flexibility index (Phi) is 4.48. The Morgan fingerprint density at radius 1 is 1.50 bits per heavy atom. The molecule has 0 aromatic heterocycles. The van der Waals surface area contributed by atoms with Crippen LogP contribution >= 0.6 is 7.60 Å². The Labute approximate surface area is 97.3 Å². The maximum Gasteiger partial charge on any atom is 0.358 e. The van der Waals surface area contributed by atoms with E-state index >= 15 is 0 Å². The van der Waals surface area contributed by atoms with Crippen molar-refractivity contribution >= 4 is 13.8 Å². The summed E-state index contributed by atoms with van der Waals surface area (Å²) >= 11 is 0. The average molecular weight is 245 g/mol. The van der Waals surface area contributed by atoms with E-state index in [1.807, 2.05) is 6.92 Å². The molecule has 0 radical (unpaired) electrons. The van der Waals surface area contributed by atoms with E-state index in [0.717, 1.165) is 0 Å². The van der Waals surface area contributed by atoms with Gasteiger partial charge in [0, 0.05) is 5.92 Å². The van der Waals surface area contributed by atoms with E-state index in [0.29, 0.717) is 19.6 Å². The summed E-state index contributed by atoms with van der Waals surface area (Å²) in [5.74, 6) is 0.0904. The highest BCUT2D eigenvalue weighted by Gasteiger charge is 2.67. The van der Waals surface area contributed by atoms with Gasteiger partial charge in [-0.25, -0.2) is 0 Å². The first kappa shape index (κ1) is 13.6. The second-order valence-corrected chi connectivity index (χ2v) is 5.93. The molecule has 1 aliphatic rings. The van der Waals surface area contributed by atoms with Gasteiger partial charge in [-0.15, -0.1) is 6.58 Å². The third-order valence-corrected chi connectivity index (χ3v) is 5.44. The summed E-state index contributed by atoms with van der Waals surface area (Å²) in [4.78, 5) is 4.32. The molecule has 0 aromatic carbocycles. The number of hydrogen-bond donors (Lipinski definition) is 0. The Bertz CT molecular complexity index is 319. The third kappa shape index (κ3) is 2.15. The smallest absolute Gasteiger partial charge is 0.307 e. The first-order chi connectivity index (χ1) is 7.60. The summed E-state index contributed by atoms with van der Waals surface area (Å²) in [5, 5.41) is -0.713. The number of rotatable bonds is 7. The first-order valence-corrected chi connectivity index (χ1v) is 7.16. The van der Waals surface area contributed by atoms with Crippen LogP contribution in [-0.4, -0.2) is 24.7 Å². The monoisotopic (exact) mass is 245 g/mol. The van der Waals surface area contributed by atoms with Gasteiger partial charge < -0.3 is 9.05 Å². The van der Waals surface area contributed by atoms with E-state index < -0.39 is 12.9 Å². The standard InChI is InChI=1S/C11H20NO3P/c1-5-10-9-11(10,12-6-2)16(13,14-7-3)15-8-4/h5-6,10H,1,7-9H2,2-4H3/b12-6+. The second kappa shape index (κ2) is 5.26. The van der Waals surface area contributed by atoms with Crippen LogP contribution in [0.15, 0.2) is 17.6 Å². The van der Waals surface area contributed by atoms with Crippen LogP contribution < -0.4 is 0 Å². The fraction of sp³-hybridized carbons (Fsp3) is 0.727. The Hall–Kier alpha value is -0.440. The molecule has 1 saturated carbocycles. The molecule has 0 aliphatic heterocycles. The van der Waals surface area contributed by atoms with Crippen molar-refractivity contribution in [2.75, 3.05) is 13.2 Å². The van der Waals surface area contributed by atoms with Gasteiger partial charge in [-0.3, -0.25) is 9.56 Å². The van der Waals surface area contributed by atoms with Gasteiger partial charge in [-0.1, -0.05) is 6.08 Å². The molecule has 1 rings (SSSR count). The SMILES string of the molecule is C=CC1CC1(/N=C/C)P(=O)(OCC)OCC. The minimum absolute atomic E-state index is 0.0904. The Morgan fingerprint density at radius 2 is 2.06 bits per heavy atom. The molecule has 0 spiro atoms. The van der Waals surface area contributed by atoms with Crippen LogP contribution in [0.1, 0.15) is 27.2 Å². The van der Waals surface area contributed by atoms with Crippen LogP contribution in [0.2, 0.25) is 0 Å². The fourth-order valence-corrected chi connectivity index (χ4v) is 4.29. The molecule has 0 bridgehead atoms. The predicted molar refractivity (Wildman–Crippen MR) is 66.1 cm³/mol. The van der Waals surface area contributed by atoms with Crippen LogP contribution in [0.3, 0.4) is 0 Å². The molecular formula is C11H20NO3P. The molecule has 0 heterocycles. The zero-order valence-electron chi connectivity index (χ0n) is 10.2. The molecule has 1 aliphatic carbocycles. The molecule has 0 aromatic rings. The van der Waals surface area contributed by atoms with Crippen molar-refractivity contribution < 1.29 is 13.6 Å². The van der Waals surface area contributed by atoms with Gasteiger partial charge in [0.25, 0.3) is 0 Å². The molecule has 2 unspecified atom stereocenters. The molecule has 2 atom stereocenters. The first-order valence-electron chi connectivity index (χ1n) is 5.61. The lowest BCUT2D eigenvalue weighted by molar-refractivity contribution is 0.209.